The molecule has 1 atom stereocenters. The molecule has 5 heteroatoms. The molecule has 0 unspecified atom stereocenters. The maximum absolute atomic E-state index is 12.7. The van der Waals surface area contributed by atoms with E-state index in [1.54, 1.807) is 19.1 Å². The number of amides is 1. The first-order valence-electron chi connectivity index (χ1n) is 10.5. The van der Waals surface area contributed by atoms with Gasteiger partial charge >= 0.3 is 5.97 Å². The second-order valence-corrected chi connectivity index (χ2v) is 7.17. The quantitative estimate of drug-likeness (QED) is 0.501. The predicted molar refractivity (Wildman–Crippen MR) is 125 cm³/mol. The van der Waals surface area contributed by atoms with E-state index in [4.69, 9.17) is 4.74 Å². The zero-order valence-electron chi connectivity index (χ0n) is 18.2. The van der Waals surface area contributed by atoms with Gasteiger partial charge in [0.2, 0.25) is 0 Å². The Labute approximate surface area is 183 Å². The van der Waals surface area contributed by atoms with Crippen LogP contribution in [0.4, 0.5) is 11.4 Å². The van der Waals surface area contributed by atoms with Gasteiger partial charge in [-0.25, -0.2) is 4.79 Å². The molecular weight excluding hydrogens is 388 g/mol. The van der Waals surface area contributed by atoms with Crippen LogP contribution in [0.2, 0.25) is 0 Å². The molecule has 5 nitrogen and oxygen atoms in total. The first-order chi connectivity index (χ1) is 15.0. The SMILES string of the molecule is CCN(CC)c1ccc(C(=O)O[C@H](C)C(=O)Nc2ccccc2-c2ccccc2)cc1. The van der Waals surface area contributed by atoms with E-state index in [1.807, 2.05) is 66.7 Å². The number of para-hydroxylation sites is 1. The van der Waals surface area contributed by atoms with E-state index in [9.17, 15) is 9.59 Å². The lowest BCUT2D eigenvalue weighted by atomic mass is 10.0. The highest BCUT2D eigenvalue weighted by atomic mass is 16.5. The normalized spacial score (nSPS) is 11.5. The highest BCUT2D eigenvalue weighted by Crippen LogP contribution is 2.27. The Balaban J connectivity index is 1.66. The van der Waals surface area contributed by atoms with Gasteiger partial charge in [0.25, 0.3) is 5.91 Å². The van der Waals surface area contributed by atoms with Gasteiger partial charge in [-0.15, -0.1) is 0 Å². The molecule has 0 aliphatic heterocycles. The molecule has 0 saturated carbocycles. The smallest absolute Gasteiger partial charge is 0.338 e. The summed E-state index contributed by atoms with van der Waals surface area (Å²) in [7, 11) is 0. The van der Waals surface area contributed by atoms with Gasteiger partial charge in [-0.1, -0.05) is 48.5 Å². The van der Waals surface area contributed by atoms with E-state index in [0.29, 0.717) is 11.3 Å². The number of carbonyl (C=O) groups is 2. The van der Waals surface area contributed by atoms with E-state index >= 15 is 0 Å². The van der Waals surface area contributed by atoms with Gasteiger partial charge in [0.1, 0.15) is 0 Å². The van der Waals surface area contributed by atoms with Crippen molar-refractivity contribution in [3.8, 4) is 11.1 Å². The fourth-order valence-electron chi connectivity index (χ4n) is 3.38. The van der Waals surface area contributed by atoms with Crippen LogP contribution >= 0.6 is 0 Å². The first-order valence-corrected chi connectivity index (χ1v) is 10.5. The maximum Gasteiger partial charge on any atom is 0.338 e. The van der Waals surface area contributed by atoms with Crippen molar-refractivity contribution in [2.75, 3.05) is 23.3 Å². The number of hydrogen-bond donors (Lipinski definition) is 1. The standard InChI is InChI=1S/C26H28N2O3/c1-4-28(5-2)22-17-15-21(16-18-22)26(30)31-19(3)25(29)27-24-14-10-9-13-23(24)20-11-7-6-8-12-20/h6-19H,4-5H2,1-3H3,(H,27,29)/t19-/m1/s1. The molecule has 0 heterocycles. The van der Waals surface area contributed by atoms with Gasteiger partial charge in [0, 0.05) is 30.0 Å². The number of nitrogens with one attached hydrogen (secondary N) is 1. The molecule has 0 fully saturated rings. The van der Waals surface area contributed by atoms with Crippen molar-refractivity contribution in [2.24, 2.45) is 0 Å². The molecule has 0 bridgehead atoms. The van der Waals surface area contributed by atoms with Crippen LogP contribution in [0.3, 0.4) is 0 Å². The zero-order chi connectivity index (χ0) is 22.2. The minimum absolute atomic E-state index is 0.378. The van der Waals surface area contributed by atoms with Gasteiger partial charge in [-0.3, -0.25) is 4.79 Å². The Hall–Kier alpha value is -3.60. The summed E-state index contributed by atoms with van der Waals surface area (Å²) in [5.41, 5.74) is 4.04. The second kappa shape index (κ2) is 10.4. The van der Waals surface area contributed by atoms with Crippen molar-refractivity contribution in [1.29, 1.82) is 0 Å². The Morgan fingerprint density at radius 2 is 1.48 bits per heavy atom. The van der Waals surface area contributed by atoms with E-state index in [1.165, 1.54) is 0 Å². The molecule has 0 spiro atoms. The van der Waals surface area contributed by atoms with E-state index in [0.717, 1.165) is 29.9 Å². The van der Waals surface area contributed by atoms with Crippen molar-refractivity contribution in [1.82, 2.24) is 0 Å². The fraction of sp³-hybridized carbons (Fsp3) is 0.231. The lowest BCUT2D eigenvalue weighted by molar-refractivity contribution is -0.123. The lowest BCUT2D eigenvalue weighted by Crippen LogP contribution is -2.30. The summed E-state index contributed by atoms with van der Waals surface area (Å²) in [4.78, 5) is 27.4. The molecular formula is C26H28N2O3. The van der Waals surface area contributed by atoms with E-state index in [-0.39, 0.29) is 5.91 Å². The molecule has 3 rings (SSSR count). The minimum Gasteiger partial charge on any atom is -0.449 e. The van der Waals surface area contributed by atoms with Gasteiger partial charge < -0.3 is 15.0 Å². The fourth-order valence-corrected chi connectivity index (χ4v) is 3.38. The van der Waals surface area contributed by atoms with Crippen LogP contribution in [0.1, 0.15) is 31.1 Å². The van der Waals surface area contributed by atoms with E-state index in [2.05, 4.69) is 24.1 Å². The average Bonchev–Trinajstić information content (AvgIpc) is 2.81. The van der Waals surface area contributed by atoms with Crippen LogP contribution in [-0.4, -0.2) is 31.1 Å². The van der Waals surface area contributed by atoms with Gasteiger partial charge in [-0.05, 0) is 56.7 Å². The van der Waals surface area contributed by atoms with Gasteiger partial charge in [0.05, 0.1) is 5.56 Å². The first kappa shape index (κ1) is 22.1. The lowest BCUT2D eigenvalue weighted by Gasteiger charge is -2.21. The maximum atomic E-state index is 12.7. The molecule has 160 valence electrons. The van der Waals surface area contributed by atoms with Crippen molar-refractivity contribution in [2.45, 2.75) is 26.9 Å². The second-order valence-electron chi connectivity index (χ2n) is 7.17. The number of benzene rings is 3. The molecule has 0 saturated heterocycles. The number of hydrogen-bond acceptors (Lipinski definition) is 4. The summed E-state index contributed by atoms with van der Waals surface area (Å²) in [6.45, 7) is 7.52. The van der Waals surface area contributed by atoms with Crippen LogP contribution in [-0.2, 0) is 9.53 Å². The van der Waals surface area contributed by atoms with Crippen LogP contribution < -0.4 is 10.2 Å². The Morgan fingerprint density at radius 1 is 0.871 bits per heavy atom. The molecule has 1 N–H and O–H groups in total. The van der Waals surface area contributed by atoms with Crippen molar-refractivity contribution in [3.63, 3.8) is 0 Å². The van der Waals surface area contributed by atoms with Crippen molar-refractivity contribution in [3.05, 3.63) is 84.4 Å². The van der Waals surface area contributed by atoms with E-state index < -0.39 is 12.1 Å². The molecule has 0 aromatic heterocycles. The number of carbonyl (C=O) groups excluding carboxylic acids is 2. The molecule has 1 amide bonds. The Morgan fingerprint density at radius 3 is 2.13 bits per heavy atom. The largest absolute Gasteiger partial charge is 0.449 e. The number of esters is 1. The molecule has 0 aliphatic carbocycles. The van der Waals surface area contributed by atoms with Crippen LogP contribution in [0.5, 0.6) is 0 Å². The summed E-state index contributed by atoms with van der Waals surface area (Å²) in [5, 5.41) is 2.88. The molecule has 0 aliphatic rings. The monoisotopic (exact) mass is 416 g/mol. The van der Waals surface area contributed by atoms with Crippen LogP contribution in [0.15, 0.2) is 78.9 Å². The number of nitrogens with zero attached hydrogens (tertiary/aromatic N) is 1. The predicted octanol–water partition coefficient (Wildman–Crippen LogP) is 5.38. The molecule has 3 aromatic carbocycles. The van der Waals surface area contributed by atoms with Crippen LogP contribution in [0.25, 0.3) is 11.1 Å². The Kier molecular flexibility index (Phi) is 7.44. The molecule has 31 heavy (non-hydrogen) atoms. The third kappa shape index (κ3) is 5.51. The topological polar surface area (TPSA) is 58.6 Å². The summed E-state index contributed by atoms with van der Waals surface area (Å²) in [6, 6.07) is 24.6. The third-order valence-corrected chi connectivity index (χ3v) is 5.15. The van der Waals surface area contributed by atoms with Crippen molar-refractivity contribution >= 4 is 23.3 Å². The summed E-state index contributed by atoms with van der Waals surface area (Å²) in [5.74, 6) is -0.901. The third-order valence-electron chi connectivity index (χ3n) is 5.15. The molecule has 3 aromatic rings. The zero-order valence-corrected chi connectivity index (χ0v) is 18.2. The summed E-state index contributed by atoms with van der Waals surface area (Å²) >= 11 is 0. The minimum atomic E-state index is -0.932. The van der Waals surface area contributed by atoms with Crippen molar-refractivity contribution < 1.29 is 14.3 Å². The van der Waals surface area contributed by atoms with Gasteiger partial charge in [0.15, 0.2) is 6.10 Å². The van der Waals surface area contributed by atoms with Gasteiger partial charge in [-0.2, -0.15) is 0 Å². The molecule has 0 radical (unpaired) electrons. The Bertz CT molecular complexity index is 1010. The summed E-state index contributed by atoms with van der Waals surface area (Å²) in [6.07, 6.45) is -0.932. The number of anilines is 2. The number of ether oxygens (including phenoxy) is 1. The highest BCUT2D eigenvalue weighted by Gasteiger charge is 2.20. The highest BCUT2D eigenvalue weighted by molar-refractivity contribution is 6.00. The number of rotatable bonds is 8. The average molecular weight is 417 g/mol. The summed E-state index contributed by atoms with van der Waals surface area (Å²) < 4.78 is 5.40. The van der Waals surface area contributed by atoms with Crippen LogP contribution in [0, 0.1) is 0 Å².